The fourth-order valence-electron chi connectivity index (χ4n) is 1.60. The van der Waals surface area contributed by atoms with E-state index in [1.807, 2.05) is 0 Å². The first-order valence-corrected chi connectivity index (χ1v) is 6.69. The molecule has 2 N–H and O–H groups in total. The van der Waals surface area contributed by atoms with Crippen LogP contribution in [0, 0.1) is 5.82 Å². The van der Waals surface area contributed by atoms with E-state index in [1.54, 1.807) is 18.2 Å². The Morgan fingerprint density at radius 2 is 1.71 bits per heavy atom. The van der Waals surface area contributed by atoms with E-state index in [9.17, 15) is 9.18 Å². The van der Waals surface area contributed by atoms with Crippen LogP contribution >= 0.6 is 23.2 Å². The van der Waals surface area contributed by atoms with Crippen molar-refractivity contribution in [3.05, 3.63) is 76.0 Å². The highest BCUT2D eigenvalue weighted by molar-refractivity contribution is 6.36. The van der Waals surface area contributed by atoms with E-state index in [0.717, 1.165) is 0 Å². The van der Waals surface area contributed by atoms with Gasteiger partial charge in [0, 0.05) is 5.02 Å². The quantitative estimate of drug-likeness (QED) is 0.833. The van der Waals surface area contributed by atoms with Crippen molar-refractivity contribution in [2.75, 3.05) is 0 Å². The van der Waals surface area contributed by atoms with Gasteiger partial charge in [-0.05, 0) is 48.0 Å². The first kappa shape index (κ1) is 15.4. The number of hydrogen-bond donors (Lipinski definition) is 2. The third-order valence-electron chi connectivity index (χ3n) is 2.70. The summed E-state index contributed by atoms with van der Waals surface area (Å²) < 4.78 is 12.8. The van der Waals surface area contributed by atoms with Crippen molar-refractivity contribution < 1.29 is 9.18 Å². The Labute approximate surface area is 131 Å². The van der Waals surface area contributed by atoms with Gasteiger partial charge >= 0.3 is 0 Å². The maximum Gasteiger partial charge on any atom is 0.271 e. The summed E-state index contributed by atoms with van der Waals surface area (Å²) in [6.07, 6.45) is 0. The molecule has 0 unspecified atom stereocenters. The van der Waals surface area contributed by atoms with Crippen LogP contribution in [0.15, 0.2) is 49.0 Å². The average molecular weight is 325 g/mol. The van der Waals surface area contributed by atoms with Crippen LogP contribution in [0.3, 0.4) is 0 Å². The Morgan fingerprint density at radius 1 is 1.05 bits per heavy atom. The number of amides is 1. The molecule has 0 aromatic heterocycles. The summed E-state index contributed by atoms with van der Waals surface area (Å²) in [6, 6.07) is 10.3. The molecule has 2 aromatic rings. The smallest absolute Gasteiger partial charge is 0.271 e. The summed E-state index contributed by atoms with van der Waals surface area (Å²) in [5, 5.41) is 0.689. The van der Waals surface area contributed by atoms with Crippen LogP contribution in [0.5, 0.6) is 0 Å². The minimum absolute atomic E-state index is 0.245. The van der Waals surface area contributed by atoms with Gasteiger partial charge in [0.05, 0.1) is 16.3 Å². The molecule has 0 atom stereocenters. The van der Waals surface area contributed by atoms with E-state index in [2.05, 4.69) is 17.4 Å². The van der Waals surface area contributed by atoms with Gasteiger partial charge in [0.1, 0.15) is 5.82 Å². The second-order valence-electron chi connectivity index (χ2n) is 4.19. The average Bonchev–Trinajstić information content (AvgIpc) is 2.45. The molecule has 0 fully saturated rings. The van der Waals surface area contributed by atoms with Gasteiger partial charge in [0.25, 0.3) is 5.91 Å². The number of benzene rings is 2. The number of halogens is 3. The number of hydrogen-bond acceptors (Lipinski definition) is 2. The van der Waals surface area contributed by atoms with E-state index < -0.39 is 5.91 Å². The zero-order valence-electron chi connectivity index (χ0n) is 10.8. The molecule has 0 saturated heterocycles. The Bertz CT molecular complexity index is 687. The van der Waals surface area contributed by atoms with Gasteiger partial charge in [-0.25, -0.2) is 4.39 Å². The molecular formula is C15H11Cl2FN2O. The lowest BCUT2D eigenvalue weighted by atomic mass is 10.2. The summed E-state index contributed by atoms with van der Waals surface area (Å²) in [4.78, 5) is 12.0. The van der Waals surface area contributed by atoms with E-state index in [-0.39, 0.29) is 16.4 Å². The predicted octanol–water partition coefficient (Wildman–Crippen LogP) is 4.04. The highest BCUT2D eigenvalue weighted by Gasteiger charge is 2.10. The monoisotopic (exact) mass is 324 g/mol. The molecular weight excluding hydrogens is 314 g/mol. The SMILES string of the molecule is C=C(NNC(=O)c1ccc(Cl)cc1Cl)c1ccc(F)cc1. The highest BCUT2D eigenvalue weighted by atomic mass is 35.5. The van der Waals surface area contributed by atoms with E-state index in [4.69, 9.17) is 23.2 Å². The molecule has 108 valence electrons. The number of carbonyl (C=O) groups excluding carboxylic acids is 1. The number of nitrogens with one attached hydrogen (secondary N) is 2. The van der Waals surface area contributed by atoms with Crippen LogP contribution in [0.1, 0.15) is 15.9 Å². The number of hydrazine groups is 1. The molecule has 21 heavy (non-hydrogen) atoms. The predicted molar refractivity (Wildman–Crippen MR) is 82.5 cm³/mol. The lowest BCUT2D eigenvalue weighted by molar-refractivity contribution is 0.0942. The van der Waals surface area contributed by atoms with Gasteiger partial charge < -0.3 is 0 Å². The van der Waals surface area contributed by atoms with Crippen LogP contribution in [0.4, 0.5) is 4.39 Å². The Kier molecular flexibility index (Phi) is 4.83. The minimum atomic E-state index is -0.431. The van der Waals surface area contributed by atoms with Crippen molar-refractivity contribution in [3.63, 3.8) is 0 Å². The van der Waals surface area contributed by atoms with Crippen LogP contribution < -0.4 is 10.9 Å². The topological polar surface area (TPSA) is 41.1 Å². The third kappa shape index (κ3) is 3.97. The van der Waals surface area contributed by atoms with Gasteiger partial charge in [0.15, 0.2) is 0 Å². The summed E-state index contributed by atoms with van der Waals surface area (Å²) in [5.41, 5.74) is 6.47. The molecule has 0 aliphatic rings. The molecule has 0 spiro atoms. The van der Waals surface area contributed by atoms with Crippen LogP contribution in [-0.4, -0.2) is 5.91 Å². The first-order valence-electron chi connectivity index (χ1n) is 5.93. The highest BCUT2D eigenvalue weighted by Crippen LogP contribution is 2.20. The molecule has 0 heterocycles. The van der Waals surface area contributed by atoms with E-state index in [0.29, 0.717) is 16.3 Å². The molecule has 3 nitrogen and oxygen atoms in total. The largest absolute Gasteiger partial charge is 0.298 e. The summed E-state index contributed by atoms with van der Waals surface area (Å²) in [7, 11) is 0. The van der Waals surface area contributed by atoms with E-state index >= 15 is 0 Å². The van der Waals surface area contributed by atoms with E-state index in [1.165, 1.54) is 24.3 Å². The van der Waals surface area contributed by atoms with Gasteiger partial charge in [0.2, 0.25) is 0 Å². The Balaban J connectivity index is 2.00. The number of rotatable bonds is 4. The van der Waals surface area contributed by atoms with Crippen molar-refractivity contribution in [3.8, 4) is 0 Å². The summed E-state index contributed by atoms with van der Waals surface area (Å²) in [5.74, 6) is -0.775. The van der Waals surface area contributed by atoms with Gasteiger partial charge in [-0.2, -0.15) is 0 Å². The summed E-state index contributed by atoms with van der Waals surface area (Å²) >= 11 is 11.7. The zero-order valence-corrected chi connectivity index (χ0v) is 12.3. The van der Waals surface area contributed by atoms with Crippen molar-refractivity contribution >= 4 is 34.8 Å². The van der Waals surface area contributed by atoms with Crippen molar-refractivity contribution in [2.45, 2.75) is 0 Å². The van der Waals surface area contributed by atoms with Crippen molar-refractivity contribution in [2.24, 2.45) is 0 Å². The molecule has 6 heteroatoms. The second kappa shape index (κ2) is 6.61. The number of carbonyl (C=O) groups is 1. The van der Waals surface area contributed by atoms with Crippen molar-refractivity contribution in [1.82, 2.24) is 10.9 Å². The second-order valence-corrected chi connectivity index (χ2v) is 5.03. The molecule has 0 aliphatic carbocycles. The zero-order chi connectivity index (χ0) is 15.4. The third-order valence-corrected chi connectivity index (χ3v) is 3.24. The molecule has 0 aliphatic heterocycles. The fourth-order valence-corrected chi connectivity index (χ4v) is 2.09. The van der Waals surface area contributed by atoms with Gasteiger partial charge in [-0.15, -0.1) is 0 Å². The molecule has 2 rings (SSSR count). The maximum absolute atomic E-state index is 12.8. The van der Waals surface area contributed by atoms with Crippen LogP contribution in [-0.2, 0) is 0 Å². The lowest BCUT2D eigenvalue weighted by Crippen LogP contribution is -2.36. The van der Waals surface area contributed by atoms with Crippen molar-refractivity contribution in [1.29, 1.82) is 0 Å². The minimum Gasteiger partial charge on any atom is -0.298 e. The Hall–Kier alpha value is -2.04. The van der Waals surface area contributed by atoms with Gasteiger partial charge in [-0.3, -0.25) is 15.6 Å². The normalized spacial score (nSPS) is 10.0. The van der Waals surface area contributed by atoms with Crippen LogP contribution in [0.25, 0.3) is 5.70 Å². The van der Waals surface area contributed by atoms with Gasteiger partial charge in [-0.1, -0.05) is 29.8 Å². The Morgan fingerprint density at radius 3 is 2.33 bits per heavy atom. The first-order chi connectivity index (χ1) is 9.97. The van der Waals surface area contributed by atoms with Crippen LogP contribution in [0.2, 0.25) is 10.0 Å². The standard InChI is InChI=1S/C15H11Cl2FN2O/c1-9(10-2-5-12(18)6-3-10)19-20-15(21)13-7-4-11(16)8-14(13)17/h2-8,19H,1H2,(H,20,21). The molecule has 1 amide bonds. The maximum atomic E-state index is 12.8. The molecule has 0 saturated carbocycles. The molecule has 0 bridgehead atoms. The fraction of sp³-hybridized carbons (Fsp3) is 0. The molecule has 2 aromatic carbocycles. The summed E-state index contributed by atoms with van der Waals surface area (Å²) in [6.45, 7) is 3.75. The lowest BCUT2D eigenvalue weighted by Gasteiger charge is -2.12. The molecule has 0 radical (unpaired) electrons.